The van der Waals surface area contributed by atoms with E-state index in [9.17, 15) is 24.0 Å². The average Bonchev–Trinajstić information content (AvgIpc) is 3.13. The lowest BCUT2D eigenvalue weighted by Crippen LogP contribution is -2.54. The van der Waals surface area contributed by atoms with E-state index in [2.05, 4.69) is 0 Å². The minimum Gasteiger partial charge on any atom is -0.461 e. The third-order valence-corrected chi connectivity index (χ3v) is 7.94. The number of hydrogen-bond donors (Lipinski definition) is 0. The molecule has 0 N–H and O–H groups in total. The molecule has 42 heavy (non-hydrogen) atoms. The van der Waals surface area contributed by atoms with Gasteiger partial charge in [-0.05, 0) is 37.8 Å². The van der Waals surface area contributed by atoms with E-state index in [-0.39, 0.29) is 31.0 Å². The van der Waals surface area contributed by atoms with E-state index in [1.807, 2.05) is 44.2 Å². The summed E-state index contributed by atoms with van der Waals surface area (Å²) in [6, 6.07) is 9.17. The van der Waals surface area contributed by atoms with Crippen molar-refractivity contribution in [2.24, 2.45) is 23.2 Å². The molecule has 228 valence electrons. The van der Waals surface area contributed by atoms with Crippen molar-refractivity contribution in [2.75, 3.05) is 0 Å². The smallest absolute Gasteiger partial charge is 0.310 e. The molecule has 2 aliphatic carbocycles. The van der Waals surface area contributed by atoms with Crippen LogP contribution in [0.15, 0.2) is 54.6 Å². The van der Waals surface area contributed by atoms with Gasteiger partial charge < -0.3 is 18.9 Å². The molecule has 9 heteroatoms. The lowest BCUT2D eigenvalue weighted by atomic mass is 9.76. The lowest BCUT2D eigenvalue weighted by molar-refractivity contribution is -0.196. The number of ether oxygens (including phenoxy) is 4. The molecule has 0 saturated heterocycles. The number of allylic oxidation sites excluding steroid dienone is 1. The van der Waals surface area contributed by atoms with Crippen molar-refractivity contribution in [1.29, 1.82) is 0 Å². The zero-order valence-electron chi connectivity index (χ0n) is 25.5. The van der Waals surface area contributed by atoms with Crippen LogP contribution in [0.1, 0.15) is 66.9 Å². The molecular weight excluding hydrogens is 540 g/mol. The number of ketones is 1. The van der Waals surface area contributed by atoms with Crippen LogP contribution in [0.3, 0.4) is 0 Å². The van der Waals surface area contributed by atoms with Gasteiger partial charge in [0.15, 0.2) is 5.60 Å². The van der Waals surface area contributed by atoms with Gasteiger partial charge in [-0.2, -0.15) is 0 Å². The second kappa shape index (κ2) is 13.5. The Kier molecular flexibility index (Phi) is 10.5. The standard InChI is InChI=1S/C33H42O9/c1-20-15-16-32(6,7)28(37)18-26(39-22(3)34)13-14-27-30(41-29(38)17-25-11-9-8-10-12-25)21(2)19-33(27,42-24(5)36)31(20)40-23(4)35/h8-16,20-21,26-27,30-31H,17-19H2,1-7H3/b14-13+,16-15+/t20-,21+,26+,27+,30+,31+,33-/m1/s1. The first kappa shape index (κ1) is 32.8. The van der Waals surface area contributed by atoms with E-state index in [1.165, 1.54) is 20.8 Å². The fourth-order valence-corrected chi connectivity index (χ4v) is 6.02. The van der Waals surface area contributed by atoms with E-state index in [4.69, 9.17) is 18.9 Å². The van der Waals surface area contributed by atoms with Gasteiger partial charge in [0.05, 0.1) is 12.3 Å². The van der Waals surface area contributed by atoms with Crippen LogP contribution in [-0.4, -0.2) is 53.6 Å². The van der Waals surface area contributed by atoms with E-state index in [0.29, 0.717) is 0 Å². The molecule has 1 aromatic carbocycles. The highest BCUT2D eigenvalue weighted by Crippen LogP contribution is 2.50. The molecule has 0 radical (unpaired) electrons. The molecule has 0 heterocycles. The van der Waals surface area contributed by atoms with Crippen LogP contribution >= 0.6 is 0 Å². The van der Waals surface area contributed by atoms with Gasteiger partial charge in [0.1, 0.15) is 24.1 Å². The van der Waals surface area contributed by atoms with Crippen LogP contribution in [0.2, 0.25) is 0 Å². The summed E-state index contributed by atoms with van der Waals surface area (Å²) < 4.78 is 23.6. The molecule has 0 aliphatic heterocycles. The maximum absolute atomic E-state index is 13.3. The van der Waals surface area contributed by atoms with E-state index in [0.717, 1.165) is 5.56 Å². The summed E-state index contributed by atoms with van der Waals surface area (Å²) in [6.45, 7) is 11.0. The molecule has 0 unspecified atom stereocenters. The fourth-order valence-electron chi connectivity index (χ4n) is 6.02. The Morgan fingerprint density at radius 3 is 2.10 bits per heavy atom. The first-order valence-corrected chi connectivity index (χ1v) is 14.3. The summed E-state index contributed by atoms with van der Waals surface area (Å²) in [7, 11) is 0. The molecule has 2 aliphatic rings. The largest absolute Gasteiger partial charge is 0.461 e. The highest BCUT2D eigenvalue weighted by Gasteiger charge is 2.61. The molecule has 7 atom stereocenters. The summed E-state index contributed by atoms with van der Waals surface area (Å²) in [5, 5.41) is 0. The molecule has 0 amide bonds. The topological polar surface area (TPSA) is 122 Å². The Bertz CT molecular complexity index is 1230. The van der Waals surface area contributed by atoms with Gasteiger partial charge in [-0.15, -0.1) is 0 Å². The minimum atomic E-state index is -1.43. The van der Waals surface area contributed by atoms with Crippen molar-refractivity contribution in [3.63, 3.8) is 0 Å². The number of rotatable bonds is 6. The summed E-state index contributed by atoms with van der Waals surface area (Å²) in [6.07, 6.45) is 4.26. The molecule has 0 spiro atoms. The molecule has 1 saturated carbocycles. The predicted molar refractivity (Wildman–Crippen MR) is 154 cm³/mol. The van der Waals surface area contributed by atoms with Crippen molar-refractivity contribution < 1.29 is 42.9 Å². The molecule has 9 nitrogen and oxygen atoms in total. The van der Waals surface area contributed by atoms with E-state index in [1.54, 1.807) is 38.2 Å². The Labute approximate surface area is 247 Å². The van der Waals surface area contributed by atoms with E-state index < -0.39 is 65.0 Å². The molecule has 0 aromatic heterocycles. The SMILES string of the molecule is CC(=O)O[C@H]1/C=C/[C@H]2[C@@H](OC(=O)Cc3ccccc3)[C@@H](C)C[C@]2(OC(C)=O)[C@@H](OC(C)=O)[C@H](C)/C=C/C(C)(C)C(=O)C1. The maximum atomic E-state index is 13.3. The zero-order chi connectivity index (χ0) is 31.2. The summed E-state index contributed by atoms with van der Waals surface area (Å²) in [5.74, 6) is -3.98. The van der Waals surface area contributed by atoms with Crippen LogP contribution in [0, 0.1) is 23.2 Å². The van der Waals surface area contributed by atoms with Crippen molar-refractivity contribution in [3.8, 4) is 0 Å². The van der Waals surface area contributed by atoms with Gasteiger partial charge in [0.25, 0.3) is 0 Å². The third kappa shape index (κ3) is 7.95. The normalized spacial score (nSPS) is 32.2. The van der Waals surface area contributed by atoms with Gasteiger partial charge in [-0.1, -0.05) is 62.4 Å². The van der Waals surface area contributed by atoms with Gasteiger partial charge in [0.2, 0.25) is 0 Å². The van der Waals surface area contributed by atoms with Crippen LogP contribution < -0.4 is 0 Å². The number of Topliss-reactive ketones (excluding diaryl/α,β-unsaturated/α-hetero) is 1. The van der Waals surface area contributed by atoms with Crippen LogP contribution in [0.25, 0.3) is 0 Å². The van der Waals surface area contributed by atoms with Crippen LogP contribution in [-0.2, 0) is 49.3 Å². The Balaban J connectivity index is 2.18. The molecular formula is C33H42O9. The Morgan fingerprint density at radius 1 is 0.857 bits per heavy atom. The highest BCUT2D eigenvalue weighted by atomic mass is 16.6. The molecule has 1 aromatic rings. The number of esters is 4. The minimum absolute atomic E-state index is 0.0350. The quantitative estimate of drug-likeness (QED) is 0.267. The second-order valence-electron chi connectivity index (χ2n) is 12.0. The van der Waals surface area contributed by atoms with Crippen molar-refractivity contribution in [2.45, 2.75) is 91.6 Å². The van der Waals surface area contributed by atoms with Gasteiger partial charge >= 0.3 is 23.9 Å². The van der Waals surface area contributed by atoms with Gasteiger partial charge in [0, 0.05) is 38.5 Å². The van der Waals surface area contributed by atoms with Crippen LogP contribution in [0.4, 0.5) is 0 Å². The number of fused-ring (bicyclic) bond motifs is 1. The first-order valence-electron chi connectivity index (χ1n) is 14.3. The highest BCUT2D eigenvalue weighted by molar-refractivity contribution is 5.86. The van der Waals surface area contributed by atoms with Gasteiger partial charge in [-0.25, -0.2) is 0 Å². The van der Waals surface area contributed by atoms with Crippen molar-refractivity contribution in [3.05, 3.63) is 60.2 Å². The first-order chi connectivity index (χ1) is 19.6. The monoisotopic (exact) mass is 582 g/mol. The maximum Gasteiger partial charge on any atom is 0.310 e. The van der Waals surface area contributed by atoms with Gasteiger partial charge in [-0.3, -0.25) is 24.0 Å². The second-order valence-corrected chi connectivity index (χ2v) is 12.0. The zero-order valence-corrected chi connectivity index (χ0v) is 25.5. The third-order valence-electron chi connectivity index (χ3n) is 7.94. The number of carbonyl (C=O) groups excluding carboxylic acids is 5. The number of benzene rings is 1. The summed E-state index contributed by atoms with van der Waals surface area (Å²) >= 11 is 0. The molecule has 0 bridgehead atoms. The molecule has 3 rings (SSSR count). The van der Waals surface area contributed by atoms with Crippen molar-refractivity contribution >= 4 is 29.7 Å². The Hall–Kier alpha value is -3.75. The van der Waals surface area contributed by atoms with Crippen molar-refractivity contribution in [1.82, 2.24) is 0 Å². The van der Waals surface area contributed by atoms with Crippen LogP contribution in [0.5, 0.6) is 0 Å². The Morgan fingerprint density at radius 2 is 1.50 bits per heavy atom. The number of hydrogen-bond acceptors (Lipinski definition) is 9. The number of carbonyl (C=O) groups is 5. The predicted octanol–water partition coefficient (Wildman–Crippen LogP) is 4.71. The van der Waals surface area contributed by atoms with E-state index >= 15 is 0 Å². The average molecular weight is 583 g/mol. The summed E-state index contributed by atoms with van der Waals surface area (Å²) in [5.41, 5.74) is -1.57. The molecule has 1 fully saturated rings. The fraction of sp³-hybridized carbons (Fsp3) is 0.545. The lowest BCUT2D eigenvalue weighted by Gasteiger charge is -2.42. The summed E-state index contributed by atoms with van der Waals surface area (Å²) in [4.78, 5) is 63.5.